The van der Waals surface area contributed by atoms with Gasteiger partial charge in [-0.25, -0.2) is 15.0 Å². The van der Waals surface area contributed by atoms with E-state index in [4.69, 9.17) is 8.83 Å². The van der Waals surface area contributed by atoms with Gasteiger partial charge in [0, 0.05) is 16.9 Å². The fourth-order valence-electron chi connectivity index (χ4n) is 4.41. The molecule has 0 bridgehead atoms. The molecule has 0 saturated carbocycles. The molecule has 4 aromatic carbocycles. The van der Waals surface area contributed by atoms with Gasteiger partial charge in [0.1, 0.15) is 16.9 Å². The van der Waals surface area contributed by atoms with E-state index in [9.17, 15) is 9.59 Å². The topological polar surface area (TPSA) is 139 Å². The number of hydrogen-bond donors (Lipinski definition) is 3. The molecule has 0 fully saturated rings. The highest BCUT2D eigenvalue weighted by Crippen LogP contribution is 2.27. The van der Waals surface area contributed by atoms with Crippen LogP contribution >= 0.6 is 23.5 Å². The maximum atomic E-state index is 12.6. The SMILES string of the molecule is O=C(CSc1nc2ccccc2o1)Nc1ccc(-c2nc3ccc(NC(=O)CSc4nc5ccccc5o4)cc3[nH]2)cc1. The zero-order valence-corrected chi connectivity index (χ0v) is 24.0. The highest BCUT2D eigenvalue weighted by molar-refractivity contribution is 8.00. The molecule has 0 aliphatic rings. The predicted molar refractivity (Wildman–Crippen MR) is 168 cm³/mol. The molecule has 3 N–H and O–H groups in total. The molecule has 212 valence electrons. The van der Waals surface area contributed by atoms with Crippen molar-refractivity contribution in [2.24, 2.45) is 0 Å². The third-order valence-electron chi connectivity index (χ3n) is 6.41. The Hall–Kier alpha value is -5.07. The first-order valence-corrected chi connectivity index (χ1v) is 15.2. The summed E-state index contributed by atoms with van der Waals surface area (Å²) in [5, 5.41) is 6.71. The second-order valence-corrected chi connectivity index (χ2v) is 11.3. The van der Waals surface area contributed by atoms with Crippen LogP contribution in [0.5, 0.6) is 0 Å². The van der Waals surface area contributed by atoms with Crippen molar-refractivity contribution >= 4 is 79.9 Å². The van der Waals surface area contributed by atoms with Crippen molar-refractivity contribution in [2.45, 2.75) is 10.4 Å². The fourth-order valence-corrected chi connectivity index (χ4v) is 5.69. The summed E-state index contributed by atoms with van der Waals surface area (Å²) in [5.41, 5.74) is 6.64. The molecule has 0 aliphatic heterocycles. The van der Waals surface area contributed by atoms with Crippen LogP contribution in [-0.2, 0) is 9.59 Å². The summed E-state index contributed by atoms with van der Waals surface area (Å²) in [4.78, 5) is 41.8. The highest BCUT2D eigenvalue weighted by atomic mass is 32.2. The minimum Gasteiger partial charge on any atom is -0.431 e. The number of fused-ring (bicyclic) bond motifs is 3. The molecule has 0 aliphatic carbocycles. The van der Waals surface area contributed by atoms with Crippen LogP contribution in [-0.4, -0.2) is 43.3 Å². The van der Waals surface area contributed by atoms with E-state index in [1.807, 2.05) is 91.0 Å². The van der Waals surface area contributed by atoms with Gasteiger partial charge in [0.25, 0.3) is 10.4 Å². The van der Waals surface area contributed by atoms with Gasteiger partial charge in [0.2, 0.25) is 11.8 Å². The summed E-state index contributed by atoms with van der Waals surface area (Å²) in [6.07, 6.45) is 0. The number of hydrogen-bond acceptors (Lipinski definition) is 9. The number of aromatic nitrogens is 4. The van der Waals surface area contributed by atoms with Gasteiger partial charge in [0.15, 0.2) is 11.2 Å². The van der Waals surface area contributed by atoms with Crippen molar-refractivity contribution in [3.8, 4) is 11.4 Å². The first-order valence-electron chi connectivity index (χ1n) is 13.2. The lowest BCUT2D eigenvalue weighted by molar-refractivity contribution is -0.114. The lowest BCUT2D eigenvalue weighted by Gasteiger charge is -2.05. The maximum absolute atomic E-state index is 12.6. The van der Waals surface area contributed by atoms with Crippen molar-refractivity contribution in [3.05, 3.63) is 91.0 Å². The monoisotopic (exact) mass is 606 g/mol. The summed E-state index contributed by atoms with van der Waals surface area (Å²) in [6.45, 7) is 0. The molecule has 0 spiro atoms. The number of anilines is 2. The maximum Gasteiger partial charge on any atom is 0.257 e. The van der Waals surface area contributed by atoms with Crippen molar-refractivity contribution in [1.82, 2.24) is 19.9 Å². The van der Waals surface area contributed by atoms with E-state index in [-0.39, 0.29) is 23.3 Å². The van der Waals surface area contributed by atoms with E-state index >= 15 is 0 Å². The normalized spacial score (nSPS) is 11.3. The van der Waals surface area contributed by atoms with Crippen LogP contribution in [0.4, 0.5) is 11.4 Å². The molecule has 3 heterocycles. The van der Waals surface area contributed by atoms with Crippen LogP contribution < -0.4 is 10.6 Å². The van der Waals surface area contributed by atoms with Gasteiger partial charge in [-0.2, -0.15) is 0 Å². The van der Waals surface area contributed by atoms with E-state index in [0.29, 0.717) is 38.8 Å². The van der Waals surface area contributed by atoms with Gasteiger partial charge in [-0.3, -0.25) is 9.59 Å². The van der Waals surface area contributed by atoms with Crippen LogP contribution in [0.1, 0.15) is 0 Å². The lowest BCUT2D eigenvalue weighted by Crippen LogP contribution is -2.13. The molecule has 0 saturated heterocycles. The Morgan fingerprint density at radius 3 is 1.81 bits per heavy atom. The fraction of sp³-hybridized carbons (Fsp3) is 0.0645. The molecule has 0 unspecified atom stereocenters. The number of H-pyrrole nitrogens is 1. The number of oxazole rings is 2. The van der Waals surface area contributed by atoms with Crippen molar-refractivity contribution in [1.29, 1.82) is 0 Å². The smallest absolute Gasteiger partial charge is 0.257 e. The Bertz CT molecular complexity index is 2030. The standard InChI is InChI=1S/C31H22N6O4S2/c38-27(16-42-30-36-22-5-1-3-7-25(22)40-30)32-19-11-9-18(10-12-19)29-34-21-14-13-20(15-24(21)35-29)33-28(39)17-43-31-37-23-6-2-4-8-26(23)41-31/h1-15H,16-17H2,(H,32,38)(H,33,39)(H,34,35). The zero-order chi connectivity index (χ0) is 29.2. The number of aromatic amines is 1. The van der Waals surface area contributed by atoms with Gasteiger partial charge in [-0.1, -0.05) is 47.8 Å². The van der Waals surface area contributed by atoms with Gasteiger partial charge >= 0.3 is 0 Å². The first kappa shape index (κ1) is 26.8. The summed E-state index contributed by atoms with van der Waals surface area (Å²) < 4.78 is 11.3. The molecule has 43 heavy (non-hydrogen) atoms. The summed E-state index contributed by atoms with van der Waals surface area (Å²) >= 11 is 2.48. The molecule has 10 nitrogen and oxygen atoms in total. The number of benzene rings is 4. The molecule has 0 atom stereocenters. The molecule has 0 radical (unpaired) electrons. The number of nitrogens with one attached hydrogen (secondary N) is 3. The number of carbonyl (C=O) groups is 2. The quantitative estimate of drug-likeness (QED) is 0.149. The number of nitrogens with zero attached hydrogens (tertiary/aromatic N) is 3. The second kappa shape index (κ2) is 11.7. The van der Waals surface area contributed by atoms with Crippen LogP contribution in [0.2, 0.25) is 0 Å². The number of rotatable bonds is 9. The Balaban J connectivity index is 0.942. The number of thioether (sulfide) groups is 2. The second-order valence-electron chi connectivity index (χ2n) is 9.46. The number of amides is 2. The van der Waals surface area contributed by atoms with Gasteiger partial charge in [0.05, 0.1) is 22.5 Å². The van der Waals surface area contributed by atoms with Gasteiger partial charge < -0.3 is 24.5 Å². The Morgan fingerprint density at radius 2 is 1.21 bits per heavy atom. The zero-order valence-electron chi connectivity index (χ0n) is 22.4. The Labute approximate surface area is 252 Å². The van der Waals surface area contributed by atoms with Crippen LogP contribution in [0.15, 0.2) is 110 Å². The van der Waals surface area contributed by atoms with Crippen LogP contribution in [0, 0.1) is 0 Å². The minimum atomic E-state index is -0.170. The van der Waals surface area contributed by atoms with Crippen molar-refractivity contribution in [2.75, 3.05) is 22.1 Å². The molecule has 7 aromatic rings. The van der Waals surface area contributed by atoms with E-state index in [0.717, 1.165) is 27.6 Å². The molecular weight excluding hydrogens is 585 g/mol. The molecular formula is C31H22N6O4S2. The Morgan fingerprint density at radius 1 is 0.651 bits per heavy atom. The summed E-state index contributed by atoms with van der Waals surface area (Å²) in [6, 6.07) is 27.9. The molecule has 3 aromatic heterocycles. The van der Waals surface area contributed by atoms with E-state index in [1.54, 1.807) is 0 Å². The predicted octanol–water partition coefficient (Wildman–Crippen LogP) is 6.97. The average molecular weight is 607 g/mol. The van der Waals surface area contributed by atoms with E-state index in [2.05, 4.69) is 30.6 Å². The van der Waals surface area contributed by atoms with Crippen LogP contribution in [0.3, 0.4) is 0 Å². The van der Waals surface area contributed by atoms with Crippen molar-refractivity contribution in [3.63, 3.8) is 0 Å². The van der Waals surface area contributed by atoms with Gasteiger partial charge in [-0.05, 0) is 66.7 Å². The number of para-hydroxylation sites is 4. The summed E-state index contributed by atoms with van der Waals surface area (Å²) in [7, 11) is 0. The number of carbonyl (C=O) groups excluding carboxylic acids is 2. The van der Waals surface area contributed by atoms with Gasteiger partial charge in [-0.15, -0.1) is 0 Å². The van der Waals surface area contributed by atoms with Crippen LogP contribution in [0.25, 0.3) is 44.6 Å². The average Bonchev–Trinajstić information content (AvgIpc) is 3.75. The third-order valence-corrected chi connectivity index (χ3v) is 8.07. The lowest BCUT2D eigenvalue weighted by atomic mass is 10.2. The third kappa shape index (κ3) is 6.10. The highest BCUT2D eigenvalue weighted by Gasteiger charge is 2.12. The molecule has 12 heteroatoms. The van der Waals surface area contributed by atoms with E-state index < -0.39 is 0 Å². The largest absolute Gasteiger partial charge is 0.431 e. The Kier molecular flexibility index (Phi) is 7.27. The van der Waals surface area contributed by atoms with E-state index in [1.165, 1.54) is 23.5 Å². The number of imidazole rings is 1. The molecule has 7 rings (SSSR count). The summed E-state index contributed by atoms with van der Waals surface area (Å²) in [5.74, 6) is 0.681. The van der Waals surface area contributed by atoms with Crippen molar-refractivity contribution < 1.29 is 18.4 Å². The first-order chi connectivity index (χ1) is 21.1. The minimum absolute atomic E-state index is 0.162. The molecule has 2 amide bonds.